The molecule has 4 nitrogen and oxygen atoms in total. The number of hydrogen-bond donors (Lipinski definition) is 3. The first-order valence-electron chi connectivity index (χ1n) is 7.16. The van der Waals surface area contributed by atoms with Crippen molar-refractivity contribution in [2.75, 3.05) is 11.9 Å². The summed E-state index contributed by atoms with van der Waals surface area (Å²) in [5.74, 6) is 0. The van der Waals surface area contributed by atoms with Crippen molar-refractivity contribution in [3.05, 3.63) is 64.7 Å². The van der Waals surface area contributed by atoms with Crippen LogP contribution >= 0.6 is 11.6 Å². The van der Waals surface area contributed by atoms with Gasteiger partial charge in [-0.1, -0.05) is 42.8 Å². The summed E-state index contributed by atoms with van der Waals surface area (Å²) in [6.07, 6.45) is 0.108. The standard InChI is InChI=1S/C17H19ClN2O2/c1-2-12-5-3-8-15(9-12)20-17(22)19-11-16(21)13-6-4-7-14(18)10-13/h3-10,16,21H,2,11H2,1H3,(H2,19,20,22)/t16-/m1/s1. The lowest BCUT2D eigenvalue weighted by Crippen LogP contribution is -2.32. The Morgan fingerprint density at radius 1 is 1.23 bits per heavy atom. The molecule has 0 heterocycles. The second kappa shape index (κ2) is 7.82. The summed E-state index contributed by atoms with van der Waals surface area (Å²) in [5, 5.41) is 16.0. The van der Waals surface area contributed by atoms with Crippen molar-refractivity contribution >= 4 is 23.3 Å². The molecule has 22 heavy (non-hydrogen) atoms. The normalized spacial score (nSPS) is 11.8. The van der Waals surface area contributed by atoms with E-state index in [-0.39, 0.29) is 12.6 Å². The molecule has 0 aromatic heterocycles. The van der Waals surface area contributed by atoms with Gasteiger partial charge in [0.25, 0.3) is 0 Å². The number of anilines is 1. The number of carbonyl (C=O) groups is 1. The van der Waals surface area contributed by atoms with E-state index < -0.39 is 6.10 Å². The van der Waals surface area contributed by atoms with Crippen molar-refractivity contribution in [1.82, 2.24) is 5.32 Å². The highest BCUT2D eigenvalue weighted by Crippen LogP contribution is 2.17. The van der Waals surface area contributed by atoms with E-state index in [2.05, 4.69) is 17.6 Å². The molecule has 0 aliphatic heterocycles. The molecular weight excluding hydrogens is 300 g/mol. The van der Waals surface area contributed by atoms with Crippen LogP contribution in [0.3, 0.4) is 0 Å². The minimum atomic E-state index is -0.800. The molecule has 0 radical (unpaired) electrons. The molecule has 2 rings (SSSR count). The number of aliphatic hydroxyl groups excluding tert-OH is 1. The van der Waals surface area contributed by atoms with E-state index in [4.69, 9.17) is 11.6 Å². The van der Waals surface area contributed by atoms with Crippen LogP contribution in [0.2, 0.25) is 5.02 Å². The Kier molecular flexibility index (Phi) is 5.81. The Morgan fingerprint density at radius 2 is 2.00 bits per heavy atom. The third-order valence-electron chi connectivity index (χ3n) is 3.28. The Balaban J connectivity index is 1.87. The van der Waals surface area contributed by atoms with Crippen LogP contribution < -0.4 is 10.6 Å². The number of hydrogen-bond acceptors (Lipinski definition) is 2. The predicted molar refractivity (Wildman–Crippen MR) is 89.3 cm³/mol. The summed E-state index contributed by atoms with van der Waals surface area (Å²) in [4.78, 5) is 11.9. The Bertz CT molecular complexity index is 646. The smallest absolute Gasteiger partial charge is 0.319 e. The summed E-state index contributed by atoms with van der Waals surface area (Å²) >= 11 is 5.88. The zero-order chi connectivity index (χ0) is 15.9. The number of aliphatic hydroxyl groups is 1. The molecule has 0 aliphatic carbocycles. The van der Waals surface area contributed by atoms with E-state index >= 15 is 0 Å². The Hall–Kier alpha value is -2.04. The second-order valence-electron chi connectivity index (χ2n) is 4.96. The third kappa shape index (κ3) is 4.76. The number of benzene rings is 2. The topological polar surface area (TPSA) is 61.4 Å². The fourth-order valence-electron chi connectivity index (χ4n) is 2.07. The SMILES string of the molecule is CCc1cccc(NC(=O)NC[C@@H](O)c2cccc(Cl)c2)c1. The average molecular weight is 319 g/mol. The van der Waals surface area contributed by atoms with Gasteiger partial charge in [0.05, 0.1) is 6.10 Å². The van der Waals surface area contributed by atoms with E-state index in [0.29, 0.717) is 10.6 Å². The molecule has 0 saturated heterocycles. The van der Waals surface area contributed by atoms with E-state index in [1.54, 1.807) is 24.3 Å². The molecule has 5 heteroatoms. The first-order chi connectivity index (χ1) is 10.6. The van der Waals surface area contributed by atoms with Crippen molar-refractivity contribution in [2.24, 2.45) is 0 Å². The summed E-state index contributed by atoms with van der Waals surface area (Å²) in [7, 11) is 0. The molecule has 2 aromatic rings. The molecule has 0 fully saturated rings. The van der Waals surface area contributed by atoms with Gasteiger partial charge >= 0.3 is 6.03 Å². The maximum atomic E-state index is 11.9. The number of carbonyl (C=O) groups excluding carboxylic acids is 1. The monoisotopic (exact) mass is 318 g/mol. The van der Waals surface area contributed by atoms with Crippen LogP contribution in [-0.2, 0) is 6.42 Å². The average Bonchev–Trinajstić information content (AvgIpc) is 2.52. The van der Waals surface area contributed by atoms with Crippen LogP contribution in [-0.4, -0.2) is 17.7 Å². The summed E-state index contributed by atoms with van der Waals surface area (Å²) in [6.45, 7) is 2.17. The molecule has 116 valence electrons. The van der Waals surface area contributed by atoms with E-state index in [1.807, 2.05) is 24.3 Å². The van der Waals surface area contributed by atoms with Gasteiger partial charge in [-0.2, -0.15) is 0 Å². The number of amides is 2. The first-order valence-corrected chi connectivity index (χ1v) is 7.53. The lowest BCUT2D eigenvalue weighted by Gasteiger charge is -2.13. The Labute approximate surface area is 135 Å². The highest BCUT2D eigenvalue weighted by molar-refractivity contribution is 6.30. The van der Waals surface area contributed by atoms with Gasteiger partial charge in [0.2, 0.25) is 0 Å². The highest BCUT2D eigenvalue weighted by Gasteiger charge is 2.10. The third-order valence-corrected chi connectivity index (χ3v) is 3.52. The summed E-state index contributed by atoms with van der Waals surface area (Å²) in [6, 6.07) is 14.2. The zero-order valence-electron chi connectivity index (χ0n) is 12.3. The van der Waals surface area contributed by atoms with Crippen LogP contribution in [0.25, 0.3) is 0 Å². The molecule has 0 unspecified atom stereocenters. The molecule has 0 bridgehead atoms. The van der Waals surface area contributed by atoms with E-state index in [9.17, 15) is 9.90 Å². The minimum Gasteiger partial charge on any atom is -0.387 e. The second-order valence-corrected chi connectivity index (χ2v) is 5.40. The molecular formula is C17H19ClN2O2. The first kappa shape index (κ1) is 16.3. The number of nitrogens with one attached hydrogen (secondary N) is 2. The Morgan fingerprint density at radius 3 is 2.73 bits per heavy atom. The molecule has 1 atom stereocenters. The lowest BCUT2D eigenvalue weighted by atomic mass is 10.1. The van der Waals surface area contributed by atoms with Gasteiger partial charge < -0.3 is 15.7 Å². The van der Waals surface area contributed by atoms with Crippen LogP contribution in [0.4, 0.5) is 10.5 Å². The van der Waals surface area contributed by atoms with Gasteiger partial charge in [0.15, 0.2) is 0 Å². The predicted octanol–water partition coefficient (Wildman–Crippen LogP) is 3.76. The van der Waals surface area contributed by atoms with Crippen molar-refractivity contribution in [3.63, 3.8) is 0 Å². The van der Waals surface area contributed by atoms with Gasteiger partial charge in [-0.15, -0.1) is 0 Å². The van der Waals surface area contributed by atoms with Gasteiger partial charge in [-0.25, -0.2) is 4.79 Å². The number of urea groups is 1. The van der Waals surface area contributed by atoms with Crippen molar-refractivity contribution < 1.29 is 9.90 Å². The van der Waals surface area contributed by atoms with Gasteiger partial charge in [0, 0.05) is 17.3 Å². The van der Waals surface area contributed by atoms with Crippen molar-refractivity contribution in [2.45, 2.75) is 19.4 Å². The van der Waals surface area contributed by atoms with Crippen LogP contribution in [0.1, 0.15) is 24.2 Å². The fourth-order valence-corrected chi connectivity index (χ4v) is 2.26. The van der Waals surface area contributed by atoms with Crippen molar-refractivity contribution in [1.29, 1.82) is 0 Å². The quantitative estimate of drug-likeness (QED) is 0.786. The van der Waals surface area contributed by atoms with E-state index in [1.165, 1.54) is 0 Å². The maximum Gasteiger partial charge on any atom is 0.319 e. The van der Waals surface area contributed by atoms with Crippen LogP contribution in [0.5, 0.6) is 0 Å². The maximum absolute atomic E-state index is 11.9. The molecule has 2 aromatic carbocycles. The largest absolute Gasteiger partial charge is 0.387 e. The van der Waals surface area contributed by atoms with Gasteiger partial charge in [0.1, 0.15) is 0 Å². The number of aryl methyl sites for hydroxylation is 1. The van der Waals surface area contributed by atoms with Crippen molar-refractivity contribution in [3.8, 4) is 0 Å². The fraction of sp³-hybridized carbons (Fsp3) is 0.235. The van der Waals surface area contributed by atoms with Crippen LogP contribution in [0.15, 0.2) is 48.5 Å². The number of halogens is 1. The molecule has 0 saturated carbocycles. The molecule has 3 N–H and O–H groups in total. The molecule has 2 amide bonds. The van der Waals surface area contributed by atoms with Gasteiger partial charge in [-0.3, -0.25) is 0 Å². The zero-order valence-corrected chi connectivity index (χ0v) is 13.1. The minimum absolute atomic E-state index is 0.111. The molecule has 0 aliphatic rings. The van der Waals surface area contributed by atoms with Gasteiger partial charge in [-0.05, 0) is 41.8 Å². The summed E-state index contributed by atoms with van der Waals surface area (Å²) < 4.78 is 0. The lowest BCUT2D eigenvalue weighted by molar-refractivity contribution is 0.175. The van der Waals surface area contributed by atoms with E-state index in [0.717, 1.165) is 17.7 Å². The highest BCUT2D eigenvalue weighted by atomic mass is 35.5. The summed E-state index contributed by atoms with van der Waals surface area (Å²) in [5.41, 5.74) is 2.55. The number of rotatable bonds is 5. The molecule has 0 spiro atoms. The van der Waals surface area contributed by atoms with Crippen LogP contribution in [0, 0.1) is 0 Å².